The minimum absolute atomic E-state index is 0.325. The molecule has 0 aromatic carbocycles. The van der Waals surface area contributed by atoms with Gasteiger partial charge in [-0.15, -0.1) is 0 Å². The molecule has 0 aliphatic carbocycles. The first-order valence-electron chi connectivity index (χ1n) is 8.07. The third-order valence-corrected chi connectivity index (χ3v) is 3.69. The first-order valence-corrected chi connectivity index (χ1v) is 8.07. The predicted molar refractivity (Wildman–Crippen MR) is 82.4 cm³/mol. The van der Waals surface area contributed by atoms with Gasteiger partial charge in [0.1, 0.15) is 0 Å². The Balaban J connectivity index is 3.39. The average molecular weight is 268 g/mol. The molecule has 1 atom stereocenters. The fourth-order valence-electron chi connectivity index (χ4n) is 2.28. The molecule has 0 saturated carbocycles. The second-order valence-corrected chi connectivity index (χ2v) is 5.47. The van der Waals surface area contributed by atoms with Crippen molar-refractivity contribution in [2.24, 2.45) is 5.92 Å². The SMILES string of the molecule is CCCCC(CC)C/C=C/CCCCCCC(=O)O. The van der Waals surface area contributed by atoms with E-state index in [4.69, 9.17) is 5.11 Å². The van der Waals surface area contributed by atoms with E-state index in [1.165, 1.54) is 38.5 Å². The molecule has 1 N–H and O–H groups in total. The lowest BCUT2D eigenvalue weighted by Gasteiger charge is -2.11. The molecule has 0 heterocycles. The van der Waals surface area contributed by atoms with E-state index in [1.54, 1.807) is 0 Å². The summed E-state index contributed by atoms with van der Waals surface area (Å²) < 4.78 is 0. The van der Waals surface area contributed by atoms with Gasteiger partial charge in [0, 0.05) is 6.42 Å². The highest BCUT2D eigenvalue weighted by Gasteiger charge is 2.02. The van der Waals surface area contributed by atoms with Gasteiger partial charge >= 0.3 is 5.97 Å². The number of carboxylic acid groups (broad SMARTS) is 1. The van der Waals surface area contributed by atoms with Crippen molar-refractivity contribution < 1.29 is 9.90 Å². The maximum absolute atomic E-state index is 10.3. The third-order valence-electron chi connectivity index (χ3n) is 3.69. The normalized spacial score (nSPS) is 12.9. The lowest BCUT2D eigenvalue weighted by atomic mass is 9.95. The van der Waals surface area contributed by atoms with E-state index >= 15 is 0 Å². The molecule has 0 amide bonds. The van der Waals surface area contributed by atoms with Crippen molar-refractivity contribution in [3.05, 3.63) is 12.2 Å². The average Bonchev–Trinajstić information content (AvgIpc) is 2.40. The number of unbranched alkanes of at least 4 members (excludes halogenated alkanes) is 5. The molecule has 0 rings (SSSR count). The van der Waals surface area contributed by atoms with Gasteiger partial charge in [0.25, 0.3) is 0 Å². The molecule has 0 saturated heterocycles. The Kier molecular flexibility index (Phi) is 13.1. The highest BCUT2D eigenvalue weighted by Crippen LogP contribution is 2.17. The Morgan fingerprint density at radius 1 is 1.05 bits per heavy atom. The quantitative estimate of drug-likeness (QED) is 0.350. The Morgan fingerprint density at radius 3 is 2.42 bits per heavy atom. The summed E-state index contributed by atoms with van der Waals surface area (Å²) in [6, 6.07) is 0. The van der Waals surface area contributed by atoms with Crippen LogP contribution in [0.15, 0.2) is 12.2 Å². The summed E-state index contributed by atoms with van der Waals surface area (Å²) in [4.78, 5) is 10.3. The molecule has 1 unspecified atom stereocenters. The number of aliphatic carboxylic acids is 1. The van der Waals surface area contributed by atoms with Crippen LogP contribution in [0.3, 0.4) is 0 Å². The fourth-order valence-corrected chi connectivity index (χ4v) is 2.28. The Bertz CT molecular complexity index is 233. The first kappa shape index (κ1) is 18.2. The van der Waals surface area contributed by atoms with Crippen molar-refractivity contribution in [2.75, 3.05) is 0 Å². The molecule has 19 heavy (non-hydrogen) atoms. The molecule has 0 spiro atoms. The molecule has 2 heteroatoms. The first-order chi connectivity index (χ1) is 9.20. The predicted octanol–water partition coefficient (Wildman–Crippen LogP) is 5.57. The zero-order valence-electron chi connectivity index (χ0n) is 12.9. The minimum atomic E-state index is -0.669. The van der Waals surface area contributed by atoms with Crippen LogP contribution in [0.4, 0.5) is 0 Å². The summed E-state index contributed by atoms with van der Waals surface area (Å²) in [5.74, 6) is 0.198. The molecular weight excluding hydrogens is 236 g/mol. The van der Waals surface area contributed by atoms with Crippen LogP contribution < -0.4 is 0 Å². The van der Waals surface area contributed by atoms with Gasteiger partial charge in [-0.05, 0) is 31.6 Å². The van der Waals surface area contributed by atoms with Gasteiger partial charge in [0.15, 0.2) is 0 Å². The van der Waals surface area contributed by atoms with Crippen LogP contribution in [0.1, 0.15) is 84.5 Å². The molecule has 112 valence electrons. The summed E-state index contributed by atoms with van der Waals surface area (Å²) >= 11 is 0. The van der Waals surface area contributed by atoms with Crippen molar-refractivity contribution in [3.8, 4) is 0 Å². The summed E-state index contributed by atoms with van der Waals surface area (Å²) in [5, 5.41) is 8.51. The smallest absolute Gasteiger partial charge is 0.303 e. The van der Waals surface area contributed by atoms with Crippen LogP contribution in [0.5, 0.6) is 0 Å². The number of carbonyl (C=O) groups is 1. The minimum Gasteiger partial charge on any atom is -0.481 e. The molecule has 0 bridgehead atoms. The van der Waals surface area contributed by atoms with E-state index in [2.05, 4.69) is 26.0 Å². The van der Waals surface area contributed by atoms with Gasteiger partial charge in [0.05, 0.1) is 0 Å². The largest absolute Gasteiger partial charge is 0.481 e. The zero-order chi connectivity index (χ0) is 14.3. The summed E-state index contributed by atoms with van der Waals surface area (Å²) in [5.41, 5.74) is 0. The van der Waals surface area contributed by atoms with Gasteiger partial charge in [-0.1, -0.05) is 64.5 Å². The molecule has 2 nitrogen and oxygen atoms in total. The van der Waals surface area contributed by atoms with Crippen LogP contribution in [0, 0.1) is 5.92 Å². The van der Waals surface area contributed by atoms with Crippen LogP contribution in [-0.4, -0.2) is 11.1 Å². The topological polar surface area (TPSA) is 37.3 Å². The number of hydrogen-bond acceptors (Lipinski definition) is 1. The van der Waals surface area contributed by atoms with Gasteiger partial charge in [0.2, 0.25) is 0 Å². The van der Waals surface area contributed by atoms with Crippen molar-refractivity contribution in [3.63, 3.8) is 0 Å². The number of hydrogen-bond donors (Lipinski definition) is 1. The van der Waals surface area contributed by atoms with E-state index in [0.29, 0.717) is 6.42 Å². The van der Waals surface area contributed by atoms with Gasteiger partial charge in [-0.25, -0.2) is 0 Å². The van der Waals surface area contributed by atoms with E-state index in [-0.39, 0.29) is 0 Å². The maximum Gasteiger partial charge on any atom is 0.303 e. The Morgan fingerprint density at radius 2 is 1.79 bits per heavy atom. The van der Waals surface area contributed by atoms with Crippen LogP contribution in [-0.2, 0) is 4.79 Å². The second kappa shape index (κ2) is 13.6. The number of rotatable bonds is 13. The van der Waals surface area contributed by atoms with Crippen LogP contribution >= 0.6 is 0 Å². The Hall–Kier alpha value is -0.790. The lowest BCUT2D eigenvalue weighted by molar-refractivity contribution is -0.137. The maximum atomic E-state index is 10.3. The Labute approximate surface area is 119 Å². The van der Waals surface area contributed by atoms with E-state index in [1.807, 2.05) is 0 Å². The van der Waals surface area contributed by atoms with E-state index in [0.717, 1.165) is 31.6 Å². The molecular formula is C17H32O2. The summed E-state index contributed by atoms with van der Waals surface area (Å²) in [6.45, 7) is 4.55. The third kappa shape index (κ3) is 13.4. The van der Waals surface area contributed by atoms with Crippen molar-refractivity contribution in [2.45, 2.75) is 84.5 Å². The highest BCUT2D eigenvalue weighted by atomic mass is 16.4. The molecule has 0 aromatic rings. The summed E-state index contributed by atoms with van der Waals surface area (Å²) in [6.07, 6.45) is 16.9. The molecule has 0 aliphatic rings. The zero-order valence-corrected chi connectivity index (χ0v) is 12.9. The van der Waals surface area contributed by atoms with Crippen LogP contribution in [0.25, 0.3) is 0 Å². The molecule has 0 aromatic heterocycles. The van der Waals surface area contributed by atoms with Gasteiger partial charge in [-0.3, -0.25) is 4.79 Å². The molecule has 0 fully saturated rings. The lowest BCUT2D eigenvalue weighted by Crippen LogP contribution is -1.96. The fraction of sp³-hybridized carbons (Fsp3) is 0.824. The monoisotopic (exact) mass is 268 g/mol. The molecule has 0 radical (unpaired) electrons. The second-order valence-electron chi connectivity index (χ2n) is 5.47. The van der Waals surface area contributed by atoms with Crippen LogP contribution in [0.2, 0.25) is 0 Å². The standard InChI is InChI=1S/C17H32O2/c1-3-5-13-16(4-2)14-11-9-7-6-8-10-12-15-17(18)19/h9,11,16H,3-8,10,12-15H2,1-2H3,(H,18,19)/b11-9+. The molecule has 0 aliphatic heterocycles. The van der Waals surface area contributed by atoms with E-state index in [9.17, 15) is 4.79 Å². The van der Waals surface area contributed by atoms with Crippen molar-refractivity contribution in [1.82, 2.24) is 0 Å². The van der Waals surface area contributed by atoms with E-state index < -0.39 is 5.97 Å². The summed E-state index contributed by atoms with van der Waals surface area (Å²) in [7, 11) is 0. The van der Waals surface area contributed by atoms with Gasteiger partial charge in [-0.2, -0.15) is 0 Å². The number of carboxylic acids is 1. The van der Waals surface area contributed by atoms with Crippen molar-refractivity contribution >= 4 is 5.97 Å². The number of allylic oxidation sites excluding steroid dienone is 2. The van der Waals surface area contributed by atoms with Crippen molar-refractivity contribution in [1.29, 1.82) is 0 Å². The highest BCUT2D eigenvalue weighted by molar-refractivity contribution is 5.66. The van der Waals surface area contributed by atoms with Gasteiger partial charge < -0.3 is 5.11 Å².